The van der Waals surface area contributed by atoms with Crippen molar-refractivity contribution in [2.24, 2.45) is 0 Å². The summed E-state index contributed by atoms with van der Waals surface area (Å²) in [6.07, 6.45) is 0. The van der Waals surface area contributed by atoms with E-state index in [1.165, 1.54) is 24.3 Å². The van der Waals surface area contributed by atoms with Gasteiger partial charge in [0.2, 0.25) is 0 Å². The second kappa shape index (κ2) is 4.34. The summed E-state index contributed by atoms with van der Waals surface area (Å²) < 4.78 is 13.7. The molecule has 0 aliphatic carbocycles. The lowest BCUT2D eigenvalue weighted by Gasteiger charge is -2.06. The average Bonchev–Trinajstić information content (AvgIpc) is 2.31. The Labute approximate surface area is 95.4 Å². The summed E-state index contributed by atoms with van der Waals surface area (Å²) in [5.74, 6) is -0.793. The molecule has 6 heteroatoms. The molecule has 2 rings (SSSR count). The van der Waals surface area contributed by atoms with Crippen molar-refractivity contribution in [2.45, 2.75) is 6.61 Å². The normalized spacial score (nSPS) is 10.5. The molecule has 0 saturated heterocycles. The van der Waals surface area contributed by atoms with E-state index in [4.69, 9.17) is 5.11 Å². The maximum Gasteiger partial charge on any atom is 0.275 e. The Morgan fingerprint density at radius 1 is 1.29 bits per heavy atom. The minimum Gasteiger partial charge on any atom is -0.506 e. The maximum atomic E-state index is 12.7. The van der Waals surface area contributed by atoms with Crippen LogP contribution in [0.5, 0.6) is 5.75 Å². The number of hydrogen-bond donors (Lipinski definition) is 2. The first-order valence-electron chi connectivity index (χ1n) is 4.81. The third-order valence-electron chi connectivity index (χ3n) is 2.21. The predicted octanol–water partition coefficient (Wildman–Crippen LogP) is 0.569. The molecule has 1 aromatic heterocycles. The van der Waals surface area contributed by atoms with Crippen molar-refractivity contribution < 1.29 is 14.6 Å². The fourth-order valence-electron chi connectivity index (χ4n) is 1.36. The first-order valence-corrected chi connectivity index (χ1v) is 4.81. The van der Waals surface area contributed by atoms with Crippen LogP contribution in [0.3, 0.4) is 0 Å². The molecule has 0 unspecified atom stereocenters. The number of benzene rings is 1. The molecular formula is C11H9FN2O3. The minimum atomic E-state index is -0.564. The third-order valence-corrected chi connectivity index (χ3v) is 2.21. The first kappa shape index (κ1) is 11.3. The van der Waals surface area contributed by atoms with Gasteiger partial charge in [0.1, 0.15) is 17.3 Å². The molecule has 1 aromatic carbocycles. The Hall–Kier alpha value is -2.21. The summed E-state index contributed by atoms with van der Waals surface area (Å²) >= 11 is 0. The largest absolute Gasteiger partial charge is 0.506 e. The van der Waals surface area contributed by atoms with Crippen molar-refractivity contribution in [3.8, 4) is 11.4 Å². The van der Waals surface area contributed by atoms with Crippen LogP contribution in [-0.2, 0) is 6.61 Å². The van der Waals surface area contributed by atoms with E-state index in [1.54, 1.807) is 0 Å². The summed E-state index contributed by atoms with van der Waals surface area (Å²) in [5.41, 5.74) is -0.230. The number of aromatic nitrogens is 2. The molecule has 2 N–H and O–H groups in total. The second-order valence-corrected chi connectivity index (χ2v) is 3.36. The molecule has 0 amide bonds. The number of rotatable bonds is 2. The summed E-state index contributed by atoms with van der Waals surface area (Å²) in [6.45, 7) is -0.493. The molecule has 0 radical (unpaired) electrons. The Morgan fingerprint density at radius 3 is 2.53 bits per heavy atom. The summed E-state index contributed by atoms with van der Waals surface area (Å²) in [6, 6.07) is 6.08. The molecule has 17 heavy (non-hydrogen) atoms. The fourth-order valence-corrected chi connectivity index (χ4v) is 1.36. The average molecular weight is 236 g/mol. The van der Waals surface area contributed by atoms with E-state index < -0.39 is 18.0 Å². The van der Waals surface area contributed by atoms with Crippen molar-refractivity contribution in [2.75, 3.05) is 0 Å². The van der Waals surface area contributed by atoms with E-state index in [9.17, 15) is 14.3 Å². The topological polar surface area (TPSA) is 75.3 Å². The standard InChI is InChI=1S/C11H9FN2O3/c12-7-1-3-8(4-2-7)14-11(17)5-10(16)9(6-15)13-14/h1-5,15-16H,6H2. The molecule has 0 spiro atoms. The van der Waals surface area contributed by atoms with Gasteiger partial charge in [-0.2, -0.15) is 9.78 Å². The third kappa shape index (κ3) is 2.16. The Bertz CT molecular complexity index is 593. The molecule has 1 heterocycles. The SMILES string of the molecule is O=c1cc(O)c(CO)nn1-c1ccc(F)cc1. The Balaban J connectivity index is 2.59. The highest BCUT2D eigenvalue weighted by Gasteiger charge is 2.08. The van der Waals surface area contributed by atoms with Crippen molar-refractivity contribution >= 4 is 0 Å². The molecular weight excluding hydrogens is 227 g/mol. The highest BCUT2D eigenvalue weighted by atomic mass is 19.1. The lowest BCUT2D eigenvalue weighted by Crippen LogP contribution is -2.21. The van der Waals surface area contributed by atoms with Crippen LogP contribution in [0.15, 0.2) is 35.1 Å². The molecule has 0 atom stereocenters. The smallest absolute Gasteiger partial charge is 0.275 e. The van der Waals surface area contributed by atoms with Gasteiger partial charge in [0.05, 0.1) is 12.3 Å². The summed E-state index contributed by atoms with van der Waals surface area (Å²) in [5, 5.41) is 22.0. The lowest BCUT2D eigenvalue weighted by atomic mass is 10.3. The van der Waals surface area contributed by atoms with Gasteiger partial charge in [-0.3, -0.25) is 4.79 Å². The van der Waals surface area contributed by atoms with E-state index >= 15 is 0 Å². The zero-order valence-electron chi connectivity index (χ0n) is 8.67. The molecule has 88 valence electrons. The number of aromatic hydroxyl groups is 1. The number of hydrogen-bond acceptors (Lipinski definition) is 4. The number of halogens is 1. The van der Waals surface area contributed by atoms with E-state index in [0.29, 0.717) is 5.69 Å². The monoisotopic (exact) mass is 236 g/mol. The van der Waals surface area contributed by atoms with Crippen molar-refractivity contribution in [3.63, 3.8) is 0 Å². The van der Waals surface area contributed by atoms with Gasteiger partial charge >= 0.3 is 0 Å². The lowest BCUT2D eigenvalue weighted by molar-refractivity contribution is 0.266. The van der Waals surface area contributed by atoms with Crippen LogP contribution in [0.2, 0.25) is 0 Å². The second-order valence-electron chi connectivity index (χ2n) is 3.36. The number of nitrogens with zero attached hydrogens (tertiary/aromatic N) is 2. The highest BCUT2D eigenvalue weighted by molar-refractivity contribution is 5.33. The Kier molecular flexibility index (Phi) is 2.88. The Morgan fingerprint density at radius 2 is 1.94 bits per heavy atom. The van der Waals surface area contributed by atoms with E-state index in [2.05, 4.69) is 5.10 Å². The van der Waals surface area contributed by atoms with Gasteiger partial charge in [-0.05, 0) is 24.3 Å². The van der Waals surface area contributed by atoms with Crippen molar-refractivity contribution in [1.82, 2.24) is 9.78 Å². The fraction of sp³-hybridized carbons (Fsp3) is 0.0909. The van der Waals surface area contributed by atoms with E-state index in [-0.39, 0.29) is 11.4 Å². The number of aliphatic hydroxyl groups excluding tert-OH is 1. The van der Waals surface area contributed by atoms with Gasteiger partial charge in [0, 0.05) is 6.07 Å². The molecule has 0 fully saturated rings. The zero-order chi connectivity index (χ0) is 12.4. The summed E-state index contributed by atoms with van der Waals surface area (Å²) in [4.78, 5) is 11.6. The molecule has 5 nitrogen and oxygen atoms in total. The van der Waals surface area contributed by atoms with Crippen LogP contribution in [0.4, 0.5) is 4.39 Å². The van der Waals surface area contributed by atoms with Gasteiger partial charge in [-0.1, -0.05) is 0 Å². The molecule has 0 bridgehead atoms. The van der Waals surface area contributed by atoms with Crippen LogP contribution in [0.1, 0.15) is 5.69 Å². The van der Waals surface area contributed by atoms with E-state index in [0.717, 1.165) is 10.7 Å². The van der Waals surface area contributed by atoms with Crippen LogP contribution in [0.25, 0.3) is 5.69 Å². The molecule has 0 aliphatic rings. The van der Waals surface area contributed by atoms with Gasteiger partial charge in [-0.25, -0.2) is 4.39 Å². The van der Waals surface area contributed by atoms with E-state index in [1.807, 2.05) is 0 Å². The summed E-state index contributed by atoms with van der Waals surface area (Å²) in [7, 11) is 0. The van der Waals surface area contributed by atoms with Gasteiger partial charge in [0.15, 0.2) is 0 Å². The van der Waals surface area contributed by atoms with Crippen LogP contribution >= 0.6 is 0 Å². The first-order chi connectivity index (χ1) is 8.11. The van der Waals surface area contributed by atoms with Crippen LogP contribution in [-0.4, -0.2) is 20.0 Å². The maximum absolute atomic E-state index is 12.7. The molecule has 2 aromatic rings. The number of aliphatic hydroxyl groups is 1. The van der Waals surface area contributed by atoms with Crippen LogP contribution < -0.4 is 5.56 Å². The minimum absolute atomic E-state index is 0.0195. The molecule has 0 aliphatic heterocycles. The van der Waals surface area contributed by atoms with Crippen molar-refractivity contribution in [1.29, 1.82) is 0 Å². The quantitative estimate of drug-likeness (QED) is 0.799. The van der Waals surface area contributed by atoms with Gasteiger partial charge in [0.25, 0.3) is 5.56 Å². The zero-order valence-corrected chi connectivity index (χ0v) is 8.67. The van der Waals surface area contributed by atoms with Crippen LogP contribution in [0, 0.1) is 5.82 Å². The van der Waals surface area contributed by atoms with Gasteiger partial charge in [-0.15, -0.1) is 0 Å². The van der Waals surface area contributed by atoms with Gasteiger partial charge < -0.3 is 10.2 Å². The highest BCUT2D eigenvalue weighted by Crippen LogP contribution is 2.12. The predicted molar refractivity (Wildman–Crippen MR) is 57.4 cm³/mol. The van der Waals surface area contributed by atoms with Crippen molar-refractivity contribution in [3.05, 3.63) is 52.2 Å². The molecule has 0 saturated carbocycles.